The molecule has 0 unspecified atom stereocenters. The summed E-state index contributed by atoms with van der Waals surface area (Å²) in [5.74, 6) is 0.510. The number of fused-ring (bicyclic) bond motifs is 1. The maximum atomic E-state index is 15.4. The fourth-order valence-corrected chi connectivity index (χ4v) is 5.43. The molecule has 1 aliphatic carbocycles. The zero-order chi connectivity index (χ0) is 27.5. The molecular weight excluding hydrogens is 525 g/mol. The van der Waals surface area contributed by atoms with Gasteiger partial charge in [0, 0.05) is 56.6 Å². The first-order chi connectivity index (χ1) is 18.9. The largest absolute Gasteiger partial charge is 0.495 e. The number of piperazine rings is 1. The van der Waals surface area contributed by atoms with Crippen LogP contribution in [-0.2, 0) is 6.54 Å². The number of urea groups is 1. The van der Waals surface area contributed by atoms with Gasteiger partial charge in [-0.2, -0.15) is 4.98 Å². The minimum atomic E-state index is -0.720. The van der Waals surface area contributed by atoms with Gasteiger partial charge in [0.25, 0.3) is 0 Å². The van der Waals surface area contributed by atoms with Crippen LogP contribution in [0.3, 0.4) is 0 Å². The van der Waals surface area contributed by atoms with Crippen molar-refractivity contribution >= 4 is 35.1 Å². The van der Waals surface area contributed by atoms with E-state index in [-0.39, 0.29) is 40.8 Å². The lowest BCUT2D eigenvalue weighted by atomic mass is 10.1. The SMILES string of the molecule is COc1cc(OC)c(Cl)c(N2Cc3cnc(NCCCCCN4CCN(C)CC4)nc3N(C3CC3)C2=O)c1F. The van der Waals surface area contributed by atoms with Crippen molar-refractivity contribution in [2.45, 2.75) is 44.7 Å². The molecule has 0 bridgehead atoms. The van der Waals surface area contributed by atoms with Gasteiger partial charge in [-0.25, -0.2) is 14.2 Å². The van der Waals surface area contributed by atoms with E-state index in [1.54, 1.807) is 11.1 Å². The molecule has 39 heavy (non-hydrogen) atoms. The number of amides is 2. The Morgan fingerprint density at radius 3 is 2.54 bits per heavy atom. The van der Waals surface area contributed by atoms with Gasteiger partial charge in [0.05, 0.1) is 20.8 Å². The zero-order valence-corrected chi connectivity index (χ0v) is 23.6. The summed E-state index contributed by atoms with van der Waals surface area (Å²) >= 11 is 6.50. The van der Waals surface area contributed by atoms with E-state index in [0.717, 1.165) is 70.5 Å². The first kappa shape index (κ1) is 27.7. The fraction of sp³-hybridized carbons (Fsp3) is 0.593. The average molecular weight is 562 g/mol. The Balaban J connectivity index is 1.25. The Morgan fingerprint density at radius 1 is 1.10 bits per heavy atom. The van der Waals surface area contributed by atoms with Crippen molar-refractivity contribution in [1.82, 2.24) is 19.8 Å². The number of hydrogen-bond acceptors (Lipinski definition) is 8. The summed E-state index contributed by atoms with van der Waals surface area (Å²) in [7, 11) is 4.96. The Bertz CT molecular complexity index is 1160. The Labute approximate surface area is 234 Å². The third kappa shape index (κ3) is 6.00. The number of hydrogen-bond donors (Lipinski definition) is 1. The van der Waals surface area contributed by atoms with E-state index in [9.17, 15) is 4.79 Å². The van der Waals surface area contributed by atoms with Crippen molar-refractivity contribution in [3.05, 3.63) is 28.7 Å². The van der Waals surface area contributed by atoms with Gasteiger partial charge < -0.3 is 24.6 Å². The molecule has 5 rings (SSSR count). The zero-order valence-electron chi connectivity index (χ0n) is 22.9. The molecular formula is C27H37ClFN7O3. The van der Waals surface area contributed by atoms with Crippen LogP contribution >= 0.6 is 11.6 Å². The molecule has 1 N–H and O–H groups in total. The van der Waals surface area contributed by atoms with Gasteiger partial charge in [-0.3, -0.25) is 9.80 Å². The molecule has 0 radical (unpaired) electrons. The molecule has 2 aromatic rings. The molecule has 12 heteroatoms. The first-order valence-corrected chi connectivity index (χ1v) is 14.0. The maximum absolute atomic E-state index is 15.4. The minimum absolute atomic E-state index is 0.00529. The number of methoxy groups -OCH3 is 2. The molecule has 212 valence electrons. The van der Waals surface area contributed by atoms with Crippen molar-refractivity contribution < 1.29 is 18.7 Å². The molecule has 2 fully saturated rings. The van der Waals surface area contributed by atoms with Crippen LogP contribution in [0.15, 0.2) is 12.3 Å². The van der Waals surface area contributed by atoms with Crippen molar-refractivity contribution in [3.63, 3.8) is 0 Å². The van der Waals surface area contributed by atoms with Crippen molar-refractivity contribution in [3.8, 4) is 11.5 Å². The van der Waals surface area contributed by atoms with Gasteiger partial charge in [-0.15, -0.1) is 0 Å². The van der Waals surface area contributed by atoms with Crippen LogP contribution in [-0.4, -0.2) is 92.4 Å². The van der Waals surface area contributed by atoms with E-state index in [1.165, 1.54) is 31.6 Å². The number of nitrogens with one attached hydrogen (secondary N) is 1. The van der Waals surface area contributed by atoms with E-state index in [0.29, 0.717) is 11.8 Å². The second-order valence-corrected chi connectivity index (χ2v) is 10.8. The van der Waals surface area contributed by atoms with Crippen LogP contribution in [0.25, 0.3) is 0 Å². The number of benzene rings is 1. The Kier molecular flexibility index (Phi) is 8.58. The smallest absolute Gasteiger partial charge is 0.330 e. The van der Waals surface area contributed by atoms with Gasteiger partial charge in [0.1, 0.15) is 22.3 Å². The number of unbranched alkanes of at least 4 members (excludes halogenated alkanes) is 2. The Morgan fingerprint density at radius 2 is 1.85 bits per heavy atom. The molecule has 1 aromatic heterocycles. The first-order valence-electron chi connectivity index (χ1n) is 13.6. The summed E-state index contributed by atoms with van der Waals surface area (Å²) in [4.78, 5) is 30.8. The predicted molar refractivity (Wildman–Crippen MR) is 150 cm³/mol. The topological polar surface area (TPSA) is 86.3 Å². The molecule has 3 aliphatic rings. The van der Waals surface area contributed by atoms with E-state index in [2.05, 4.69) is 27.1 Å². The van der Waals surface area contributed by atoms with E-state index in [4.69, 9.17) is 26.1 Å². The summed E-state index contributed by atoms with van der Waals surface area (Å²) in [6.07, 6.45) is 6.74. The van der Waals surface area contributed by atoms with Crippen molar-refractivity contribution in [2.24, 2.45) is 0 Å². The molecule has 2 amide bonds. The lowest BCUT2D eigenvalue weighted by molar-refractivity contribution is 0.152. The number of carbonyl (C=O) groups excluding carboxylic acids is 1. The average Bonchev–Trinajstić information content (AvgIpc) is 3.77. The van der Waals surface area contributed by atoms with Crippen LogP contribution in [0.2, 0.25) is 5.02 Å². The number of likely N-dealkylation sites (N-methyl/N-ethyl adjacent to an activating group) is 1. The highest BCUT2D eigenvalue weighted by molar-refractivity contribution is 6.35. The molecule has 1 aromatic carbocycles. The third-order valence-corrected chi connectivity index (χ3v) is 7.96. The van der Waals surface area contributed by atoms with Gasteiger partial charge in [-0.05, 0) is 39.3 Å². The molecule has 3 heterocycles. The third-order valence-electron chi connectivity index (χ3n) is 7.60. The number of nitrogens with zero attached hydrogens (tertiary/aromatic N) is 6. The number of anilines is 3. The number of carbonyl (C=O) groups is 1. The standard InChI is InChI=1S/C27H37ClFN7O3/c1-33-11-13-34(14-12-33)10-6-4-5-9-30-26-31-16-18-17-35(27(37)36(19-7-8-19)25(18)32-26)24-22(28)20(38-2)15-21(39-3)23(24)29/h15-16,19H,4-14,17H2,1-3H3,(H,30,31,32). The van der Waals surface area contributed by atoms with E-state index in [1.807, 2.05) is 0 Å². The van der Waals surface area contributed by atoms with Gasteiger partial charge in [0.15, 0.2) is 11.6 Å². The van der Waals surface area contributed by atoms with Crippen LogP contribution in [0.4, 0.5) is 26.6 Å². The second-order valence-electron chi connectivity index (χ2n) is 10.4. The van der Waals surface area contributed by atoms with Gasteiger partial charge in [0.2, 0.25) is 5.95 Å². The summed E-state index contributed by atoms with van der Waals surface area (Å²) in [5, 5.41) is 3.33. The molecule has 0 atom stereocenters. The van der Waals surface area contributed by atoms with E-state index < -0.39 is 5.82 Å². The highest BCUT2D eigenvalue weighted by Gasteiger charge is 2.43. The number of aromatic nitrogens is 2. The lowest BCUT2D eigenvalue weighted by Gasteiger charge is -2.37. The summed E-state index contributed by atoms with van der Waals surface area (Å²) in [6, 6.07) is 0.996. The van der Waals surface area contributed by atoms with Crippen LogP contribution in [0.5, 0.6) is 11.5 Å². The molecule has 2 aliphatic heterocycles. The summed E-state index contributed by atoms with van der Waals surface area (Å²) in [5.41, 5.74) is 0.643. The quantitative estimate of drug-likeness (QED) is 0.408. The van der Waals surface area contributed by atoms with Gasteiger partial charge in [-0.1, -0.05) is 18.0 Å². The van der Waals surface area contributed by atoms with Crippen LogP contribution < -0.4 is 24.6 Å². The molecule has 10 nitrogen and oxygen atoms in total. The molecule has 1 saturated carbocycles. The summed E-state index contributed by atoms with van der Waals surface area (Å²) in [6.45, 7) is 6.57. The molecule has 0 spiro atoms. The second kappa shape index (κ2) is 12.1. The van der Waals surface area contributed by atoms with Crippen LogP contribution in [0, 0.1) is 5.82 Å². The number of halogens is 2. The van der Waals surface area contributed by atoms with Crippen molar-refractivity contribution in [2.75, 3.05) is 75.7 Å². The number of rotatable bonds is 11. The predicted octanol–water partition coefficient (Wildman–Crippen LogP) is 4.22. The Hall–Kier alpha value is -2.89. The number of ether oxygens (including phenoxy) is 2. The highest BCUT2D eigenvalue weighted by atomic mass is 35.5. The van der Waals surface area contributed by atoms with Crippen LogP contribution in [0.1, 0.15) is 37.7 Å². The molecule has 1 saturated heterocycles. The van der Waals surface area contributed by atoms with Gasteiger partial charge >= 0.3 is 6.03 Å². The van der Waals surface area contributed by atoms with E-state index >= 15 is 4.39 Å². The monoisotopic (exact) mass is 561 g/mol. The maximum Gasteiger partial charge on any atom is 0.330 e. The fourth-order valence-electron chi connectivity index (χ4n) is 5.12. The van der Waals surface area contributed by atoms with Crippen molar-refractivity contribution in [1.29, 1.82) is 0 Å². The minimum Gasteiger partial charge on any atom is -0.495 e. The lowest BCUT2D eigenvalue weighted by Crippen LogP contribution is -2.49. The normalized spacial score (nSPS) is 18.3. The highest BCUT2D eigenvalue weighted by Crippen LogP contribution is 2.46. The summed E-state index contributed by atoms with van der Waals surface area (Å²) < 4.78 is 25.9.